The van der Waals surface area contributed by atoms with E-state index in [-0.39, 0.29) is 0 Å². The van der Waals surface area contributed by atoms with Gasteiger partial charge in [-0.05, 0) is 31.4 Å². The molecule has 0 aromatic heterocycles. The summed E-state index contributed by atoms with van der Waals surface area (Å²) in [4.78, 5) is 0. The smallest absolute Gasteiger partial charge is 0.166 e. The molecule has 15 heavy (non-hydrogen) atoms. The van der Waals surface area contributed by atoms with Gasteiger partial charge in [0.1, 0.15) is 0 Å². The van der Waals surface area contributed by atoms with Crippen LogP contribution in [-0.2, 0) is 0 Å². The van der Waals surface area contributed by atoms with Crippen molar-refractivity contribution in [3.8, 4) is 0 Å². The normalized spacial score (nSPS) is 11.9. The molecule has 0 bridgehead atoms. The van der Waals surface area contributed by atoms with Gasteiger partial charge >= 0.3 is 0 Å². The second-order valence-electron chi connectivity index (χ2n) is 3.42. The van der Waals surface area contributed by atoms with E-state index in [2.05, 4.69) is 15.9 Å². The summed E-state index contributed by atoms with van der Waals surface area (Å²) in [7, 11) is 0. The fourth-order valence-corrected chi connectivity index (χ4v) is 1.56. The Hall–Kier alpha value is -0.700. The molecule has 82 valence electrons. The van der Waals surface area contributed by atoms with Crippen LogP contribution in [0, 0.1) is 18.6 Å². The van der Waals surface area contributed by atoms with Crippen LogP contribution in [-0.4, -0.2) is 5.33 Å². The summed E-state index contributed by atoms with van der Waals surface area (Å²) in [5, 5.41) is 0.820. The molecule has 0 saturated heterocycles. The lowest BCUT2D eigenvalue weighted by atomic mass is 10.0. The lowest BCUT2D eigenvalue weighted by molar-refractivity contribution is 0.501. The first-order valence-corrected chi connectivity index (χ1v) is 5.87. The van der Waals surface area contributed by atoms with Crippen LogP contribution in [0.25, 0.3) is 5.57 Å². The van der Waals surface area contributed by atoms with Gasteiger partial charge in [0.25, 0.3) is 0 Å². The second kappa shape index (κ2) is 5.40. The van der Waals surface area contributed by atoms with Crippen LogP contribution in [0.3, 0.4) is 0 Å². The molecule has 1 aromatic carbocycles. The third-order valence-electron chi connectivity index (χ3n) is 2.26. The van der Waals surface area contributed by atoms with Crippen LogP contribution in [0.1, 0.15) is 24.5 Å². The van der Waals surface area contributed by atoms with E-state index in [0.29, 0.717) is 11.1 Å². The number of alkyl halides is 1. The van der Waals surface area contributed by atoms with Crippen molar-refractivity contribution in [1.82, 2.24) is 0 Å². The van der Waals surface area contributed by atoms with E-state index >= 15 is 0 Å². The molecule has 0 saturated carbocycles. The Morgan fingerprint density at radius 2 is 2.00 bits per heavy atom. The number of hydrogen-bond acceptors (Lipinski definition) is 0. The minimum atomic E-state index is -0.752. The first-order chi connectivity index (χ1) is 7.07. The van der Waals surface area contributed by atoms with Gasteiger partial charge in [-0.25, -0.2) is 8.78 Å². The van der Waals surface area contributed by atoms with Gasteiger partial charge in [-0.15, -0.1) is 0 Å². The average Bonchev–Trinajstić information content (AvgIpc) is 2.23. The van der Waals surface area contributed by atoms with Crippen molar-refractivity contribution in [3.05, 3.63) is 41.0 Å². The number of allylic oxidation sites excluding steroid dienone is 2. The van der Waals surface area contributed by atoms with Gasteiger partial charge in [-0.3, -0.25) is 0 Å². The number of rotatable bonds is 3. The molecule has 0 aliphatic rings. The molecule has 0 nitrogen and oxygen atoms in total. The molecular weight excluding hydrogens is 262 g/mol. The van der Waals surface area contributed by atoms with Gasteiger partial charge in [0.15, 0.2) is 11.6 Å². The van der Waals surface area contributed by atoms with Crippen LogP contribution < -0.4 is 0 Å². The third-order valence-corrected chi connectivity index (χ3v) is 2.72. The van der Waals surface area contributed by atoms with E-state index in [1.165, 1.54) is 0 Å². The molecule has 1 rings (SSSR count). The summed E-state index contributed by atoms with van der Waals surface area (Å²) < 4.78 is 26.8. The maximum absolute atomic E-state index is 13.5. The van der Waals surface area contributed by atoms with Crippen LogP contribution in [0.15, 0.2) is 18.2 Å². The highest BCUT2D eigenvalue weighted by Gasteiger charge is 2.11. The Morgan fingerprint density at radius 3 is 2.60 bits per heavy atom. The van der Waals surface area contributed by atoms with Crippen molar-refractivity contribution >= 4 is 21.5 Å². The van der Waals surface area contributed by atoms with Crippen molar-refractivity contribution in [1.29, 1.82) is 0 Å². The molecular formula is C12H13BrF2. The Morgan fingerprint density at radius 1 is 1.33 bits per heavy atom. The van der Waals surface area contributed by atoms with Crippen molar-refractivity contribution in [2.24, 2.45) is 0 Å². The fraction of sp³-hybridized carbons (Fsp3) is 0.333. The minimum Gasteiger partial charge on any atom is -0.203 e. The molecule has 0 spiro atoms. The van der Waals surface area contributed by atoms with Gasteiger partial charge in [0, 0.05) is 10.9 Å². The first kappa shape index (κ1) is 12.4. The maximum Gasteiger partial charge on any atom is 0.166 e. The predicted octanol–water partition coefficient (Wildman–Crippen LogP) is 4.46. The molecule has 0 aliphatic heterocycles. The molecule has 0 amide bonds. The van der Waals surface area contributed by atoms with Crippen LogP contribution in [0.5, 0.6) is 0 Å². The van der Waals surface area contributed by atoms with E-state index in [4.69, 9.17) is 0 Å². The van der Waals surface area contributed by atoms with Crippen LogP contribution in [0.2, 0.25) is 0 Å². The zero-order valence-corrected chi connectivity index (χ0v) is 10.4. The monoisotopic (exact) mass is 274 g/mol. The predicted molar refractivity (Wildman–Crippen MR) is 63.2 cm³/mol. The highest BCUT2D eigenvalue weighted by molar-refractivity contribution is 9.09. The van der Waals surface area contributed by atoms with Crippen molar-refractivity contribution in [3.63, 3.8) is 0 Å². The quantitative estimate of drug-likeness (QED) is 0.714. The topological polar surface area (TPSA) is 0 Å². The van der Waals surface area contributed by atoms with E-state index in [9.17, 15) is 8.78 Å². The summed E-state index contributed by atoms with van der Waals surface area (Å²) in [5.41, 5.74) is 1.45. The molecule has 0 unspecified atom stereocenters. The zero-order valence-electron chi connectivity index (χ0n) is 8.78. The number of aryl methyl sites for hydroxylation is 1. The van der Waals surface area contributed by atoms with Crippen molar-refractivity contribution < 1.29 is 8.78 Å². The first-order valence-electron chi connectivity index (χ1n) is 4.75. The Bertz CT molecular complexity index is 383. The van der Waals surface area contributed by atoms with E-state index in [1.807, 2.05) is 6.08 Å². The molecule has 0 N–H and O–H groups in total. The Labute approximate surface area is 97.1 Å². The van der Waals surface area contributed by atoms with Gasteiger partial charge in [-0.1, -0.05) is 34.1 Å². The van der Waals surface area contributed by atoms with Crippen molar-refractivity contribution in [2.75, 3.05) is 5.33 Å². The highest BCUT2D eigenvalue weighted by atomic mass is 79.9. The molecule has 0 atom stereocenters. The Kier molecular flexibility index (Phi) is 4.45. The van der Waals surface area contributed by atoms with E-state index < -0.39 is 11.6 Å². The fourth-order valence-electron chi connectivity index (χ4n) is 1.33. The van der Waals surface area contributed by atoms with E-state index in [0.717, 1.165) is 17.3 Å². The average molecular weight is 275 g/mol. The number of hydrogen-bond donors (Lipinski definition) is 0. The summed E-state index contributed by atoms with van der Waals surface area (Å²) in [6.07, 6.45) is 2.70. The third kappa shape index (κ3) is 2.88. The molecule has 3 heteroatoms. The summed E-state index contributed by atoms with van der Waals surface area (Å²) >= 11 is 3.28. The van der Waals surface area contributed by atoms with Gasteiger partial charge < -0.3 is 0 Å². The van der Waals surface area contributed by atoms with E-state index in [1.54, 1.807) is 26.0 Å². The minimum absolute atomic E-state index is 0.338. The van der Waals surface area contributed by atoms with Gasteiger partial charge in [0.05, 0.1) is 0 Å². The lowest BCUT2D eigenvalue weighted by Crippen LogP contribution is -1.95. The van der Waals surface area contributed by atoms with Crippen LogP contribution in [0.4, 0.5) is 8.78 Å². The summed E-state index contributed by atoms with van der Waals surface area (Å²) in [5.74, 6) is -1.50. The molecule has 0 fully saturated rings. The molecule has 0 radical (unpaired) electrons. The second-order valence-corrected chi connectivity index (χ2v) is 4.22. The lowest BCUT2D eigenvalue weighted by Gasteiger charge is -2.06. The van der Waals surface area contributed by atoms with Crippen molar-refractivity contribution in [2.45, 2.75) is 20.3 Å². The Balaban J connectivity index is 3.10. The molecule has 1 aromatic rings. The SMILES string of the molecule is C/C(=C/CCBr)c1ccc(C)c(F)c1F. The van der Waals surface area contributed by atoms with Gasteiger partial charge in [0.2, 0.25) is 0 Å². The number of benzene rings is 1. The zero-order chi connectivity index (χ0) is 11.4. The van der Waals surface area contributed by atoms with Gasteiger partial charge in [-0.2, -0.15) is 0 Å². The largest absolute Gasteiger partial charge is 0.203 e. The summed E-state index contributed by atoms with van der Waals surface area (Å²) in [6, 6.07) is 3.22. The standard InChI is InChI=1S/C12H13BrF2/c1-8(4-3-7-13)10-6-5-9(2)11(14)12(10)15/h4-6H,3,7H2,1-2H3/b8-4-. The summed E-state index contributed by atoms with van der Waals surface area (Å²) in [6.45, 7) is 3.34. The maximum atomic E-state index is 13.5. The molecule has 0 aliphatic carbocycles. The molecule has 0 heterocycles. The number of halogens is 3. The van der Waals surface area contributed by atoms with Crippen LogP contribution >= 0.6 is 15.9 Å². The highest BCUT2D eigenvalue weighted by Crippen LogP contribution is 2.22.